The Morgan fingerprint density at radius 3 is 2.34 bits per heavy atom. The lowest BCUT2D eigenvalue weighted by Crippen LogP contribution is -2.53. The molecule has 8 nitrogen and oxygen atoms in total. The van der Waals surface area contributed by atoms with Crippen LogP contribution in [0.25, 0.3) is 0 Å². The largest absolute Gasteiger partial charge is 0.354 e. The van der Waals surface area contributed by atoms with Crippen molar-refractivity contribution in [1.29, 1.82) is 0 Å². The van der Waals surface area contributed by atoms with Gasteiger partial charge in [-0.3, -0.25) is 14.4 Å². The van der Waals surface area contributed by atoms with Gasteiger partial charge in [0.1, 0.15) is 17.5 Å². The molecular formula is C28H28BrN3O5S. The summed E-state index contributed by atoms with van der Waals surface area (Å²) in [5.74, 6) is -1.76. The van der Waals surface area contributed by atoms with Crippen LogP contribution in [0, 0.1) is 0 Å². The van der Waals surface area contributed by atoms with Crippen LogP contribution >= 0.6 is 15.9 Å². The fraction of sp³-hybridized carbons (Fsp3) is 0.250. The second kappa shape index (κ2) is 11.9. The molecule has 0 fully saturated rings. The molecule has 0 spiro atoms. The minimum absolute atomic E-state index is 0.0281. The standard InChI is InChI=1S/C28H28BrN3O5S/c1-2-15-30-27(34)24(17-20-9-4-3-5-10-20)31(18-21-11-8-12-22(29)16-21)26(33)19-32-28(35)23-13-6-7-14-25(23)38(32,36)37/h3-14,16,24H,2,15,17-19H2,1H3,(H,30,34)/t24-/m0/s1. The van der Waals surface area contributed by atoms with Gasteiger partial charge in [-0.05, 0) is 41.8 Å². The first-order chi connectivity index (χ1) is 18.2. The lowest BCUT2D eigenvalue weighted by atomic mass is 10.0. The molecule has 38 heavy (non-hydrogen) atoms. The number of rotatable bonds is 10. The average Bonchev–Trinajstić information content (AvgIpc) is 3.10. The van der Waals surface area contributed by atoms with Crippen LogP contribution in [-0.4, -0.2) is 54.5 Å². The molecule has 10 heteroatoms. The summed E-state index contributed by atoms with van der Waals surface area (Å²) in [6.45, 7) is 1.69. The lowest BCUT2D eigenvalue weighted by Gasteiger charge is -2.32. The van der Waals surface area contributed by atoms with Crippen molar-refractivity contribution < 1.29 is 22.8 Å². The summed E-state index contributed by atoms with van der Waals surface area (Å²) in [7, 11) is -4.19. The number of fused-ring (bicyclic) bond motifs is 1. The summed E-state index contributed by atoms with van der Waals surface area (Å²) in [5.41, 5.74) is 1.61. The van der Waals surface area contributed by atoms with Crippen molar-refractivity contribution in [1.82, 2.24) is 14.5 Å². The van der Waals surface area contributed by atoms with Crippen LogP contribution in [0.4, 0.5) is 0 Å². The molecule has 1 aliphatic rings. The van der Waals surface area contributed by atoms with E-state index in [9.17, 15) is 22.8 Å². The maximum Gasteiger partial charge on any atom is 0.269 e. The van der Waals surface area contributed by atoms with Gasteiger partial charge in [0.25, 0.3) is 15.9 Å². The molecule has 4 rings (SSSR count). The Kier molecular flexibility index (Phi) is 8.63. The zero-order valence-corrected chi connectivity index (χ0v) is 23.2. The van der Waals surface area contributed by atoms with Gasteiger partial charge >= 0.3 is 0 Å². The summed E-state index contributed by atoms with van der Waals surface area (Å²) in [4.78, 5) is 41.5. The zero-order valence-electron chi connectivity index (χ0n) is 20.8. The highest BCUT2D eigenvalue weighted by molar-refractivity contribution is 9.10. The van der Waals surface area contributed by atoms with E-state index in [0.29, 0.717) is 17.3 Å². The van der Waals surface area contributed by atoms with E-state index >= 15 is 0 Å². The average molecular weight is 599 g/mol. The molecule has 0 aliphatic carbocycles. The second-order valence-corrected chi connectivity index (χ2v) is 11.7. The van der Waals surface area contributed by atoms with Crippen molar-refractivity contribution in [2.24, 2.45) is 0 Å². The molecule has 1 heterocycles. The van der Waals surface area contributed by atoms with E-state index < -0.39 is 34.4 Å². The minimum atomic E-state index is -4.19. The lowest BCUT2D eigenvalue weighted by molar-refractivity contribution is -0.141. The van der Waals surface area contributed by atoms with Crippen molar-refractivity contribution in [3.63, 3.8) is 0 Å². The number of halogens is 1. The third-order valence-electron chi connectivity index (χ3n) is 6.25. The van der Waals surface area contributed by atoms with Crippen LogP contribution in [0.3, 0.4) is 0 Å². The van der Waals surface area contributed by atoms with Gasteiger partial charge in [0.15, 0.2) is 0 Å². The number of nitrogens with zero attached hydrogens (tertiary/aromatic N) is 2. The molecule has 0 saturated carbocycles. The Bertz CT molecular complexity index is 1450. The van der Waals surface area contributed by atoms with Crippen LogP contribution in [0.15, 0.2) is 88.2 Å². The number of carbonyl (C=O) groups excluding carboxylic acids is 3. The third kappa shape index (κ3) is 5.97. The van der Waals surface area contributed by atoms with Gasteiger partial charge in [-0.1, -0.05) is 77.5 Å². The number of benzene rings is 3. The quantitative estimate of drug-likeness (QED) is 0.383. The van der Waals surface area contributed by atoms with E-state index in [1.807, 2.05) is 61.5 Å². The van der Waals surface area contributed by atoms with Gasteiger partial charge in [0, 0.05) is 24.0 Å². The number of amides is 3. The van der Waals surface area contributed by atoms with Crippen molar-refractivity contribution in [3.8, 4) is 0 Å². The van der Waals surface area contributed by atoms with E-state index in [1.165, 1.54) is 23.1 Å². The van der Waals surface area contributed by atoms with E-state index in [2.05, 4.69) is 21.2 Å². The fourth-order valence-corrected chi connectivity index (χ4v) is 6.32. The highest BCUT2D eigenvalue weighted by Gasteiger charge is 2.43. The number of hydrogen-bond donors (Lipinski definition) is 1. The van der Waals surface area contributed by atoms with E-state index in [0.717, 1.165) is 15.6 Å². The Labute approximate surface area is 230 Å². The predicted octanol–water partition coefficient (Wildman–Crippen LogP) is 3.76. The fourth-order valence-electron chi connectivity index (χ4n) is 4.35. The summed E-state index contributed by atoms with van der Waals surface area (Å²) in [6, 6.07) is 21.6. The second-order valence-electron chi connectivity index (χ2n) is 8.96. The van der Waals surface area contributed by atoms with Gasteiger partial charge in [-0.15, -0.1) is 0 Å². The number of carbonyl (C=O) groups is 3. The predicted molar refractivity (Wildman–Crippen MR) is 147 cm³/mol. The molecule has 0 unspecified atom stereocenters. The summed E-state index contributed by atoms with van der Waals surface area (Å²) in [5, 5.41) is 2.88. The highest BCUT2D eigenvalue weighted by Crippen LogP contribution is 2.30. The monoisotopic (exact) mass is 597 g/mol. The van der Waals surface area contributed by atoms with Gasteiger partial charge < -0.3 is 10.2 Å². The van der Waals surface area contributed by atoms with E-state index in [-0.39, 0.29) is 29.3 Å². The zero-order chi connectivity index (χ0) is 27.3. The van der Waals surface area contributed by atoms with Crippen molar-refractivity contribution >= 4 is 43.7 Å². The molecule has 3 aromatic rings. The van der Waals surface area contributed by atoms with Gasteiger partial charge in [0.05, 0.1) is 5.56 Å². The smallest absolute Gasteiger partial charge is 0.269 e. The maximum atomic E-state index is 13.9. The van der Waals surface area contributed by atoms with Crippen LogP contribution < -0.4 is 5.32 Å². The van der Waals surface area contributed by atoms with Crippen LogP contribution in [0.2, 0.25) is 0 Å². The van der Waals surface area contributed by atoms with Gasteiger partial charge in [-0.25, -0.2) is 12.7 Å². The van der Waals surface area contributed by atoms with Crippen molar-refractivity contribution in [2.45, 2.75) is 37.2 Å². The molecule has 3 amide bonds. The Hall–Kier alpha value is -3.50. The molecule has 1 N–H and O–H groups in total. The van der Waals surface area contributed by atoms with E-state index in [4.69, 9.17) is 0 Å². The number of nitrogens with one attached hydrogen (secondary N) is 1. The minimum Gasteiger partial charge on any atom is -0.354 e. The van der Waals surface area contributed by atoms with Crippen LogP contribution in [0.1, 0.15) is 34.8 Å². The third-order valence-corrected chi connectivity index (χ3v) is 8.53. The van der Waals surface area contributed by atoms with Crippen LogP contribution in [-0.2, 0) is 32.6 Å². The maximum absolute atomic E-state index is 13.9. The first-order valence-corrected chi connectivity index (χ1v) is 14.5. The Morgan fingerprint density at radius 1 is 0.974 bits per heavy atom. The molecule has 0 radical (unpaired) electrons. The Morgan fingerprint density at radius 2 is 1.66 bits per heavy atom. The molecular weight excluding hydrogens is 570 g/mol. The number of hydrogen-bond acceptors (Lipinski definition) is 5. The van der Waals surface area contributed by atoms with Crippen molar-refractivity contribution in [3.05, 3.63) is 100 Å². The molecule has 0 aromatic heterocycles. The summed E-state index contributed by atoms with van der Waals surface area (Å²) >= 11 is 3.44. The Balaban J connectivity index is 1.70. The molecule has 0 saturated heterocycles. The van der Waals surface area contributed by atoms with Gasteiger partial charge in [-0.2, -0.15) is 0 Å². The van der Waals surface area contributed by atoms with Crippen molar-refractivity contribution in [2.75, 3.05) is 13.1 Å². The van der Waals surface area contributed by atoms with E-state index in [1.54, 1.807) is 6.07 Å². The summed E-state index contributed by atoms with van der Waals surface area (Å²) in [6.07, 6.45) is 0.930. The molecule has 1 aliphatic heterocycles. The summed E-state index contributed by atoms with van der Waals surface area (Å²) < 4.78 is 27.7. The molecule has 0 bridgehead atoms. The van der Waals surface area contributed by atoms with Gasteiger partial charge in [0.2, 0.25) is 11.8 Å². The highest BCUT2D eigenvalue weighted by atomic mass is 79.9. The topological polar surface area (TPSA) is 104 Å². The molecule has 198 valence electrons. The number of sulfonamides is 1. The van der Waals surface area contributed by atoms with Crippen LogP contribution in [0.5, 0.6) is 0 Å². The SMILES string of the molecule is CCCNC(=O)[C@H](Cc1ccccc1)N(Cc1cccc(Br)c1)C(=O)CN1C(=O)c2ccccc2S1(=O)=O. The first-order valence-electron chi connectivity index (χ1n) is 12.2. The molecule has 1 atom stereocenters. The normalized spacial score (nSPS) is 14.6. The molecule has 3 aromatic carbocycles. The first kappa shape index (κ1) is 27.5.